The van der Waals surface area contributed by atoms with E-state index in [1.807, 2.05) is 6.92 Å². The van der Waals surface area contributed by atoms with E-state index >= 15 is 0 Å². The molecule has 1 fully saturated rings. The molecule has 4 N–H and O–H groups in total. The van der Waals surface area contributed by atoms with Crippen molar-refractivity contribution in [3.8, 4) is 0 Å². The first-order chi connectivity index (χ1) is 7.26. The zero-order chi connectivity index (χ0) is 11.1. The third kappa shape index (κ3) is 5.59. The van der Waals surface area contributed by atoms with Gasteiger partial charge in [-0.2, -0.15) is 0 Å². The third-order valence-corrected chi connectivity index (χ3v) is 2.44. The molecule has 88 valence electrons. The standard InChI is InChI=1S/C10H22N4O/c1-8(7-15-2)13-10(14-11)12-6-5-9-3-4-9/h8-9H,3-7,11H2,1-2H3,(H2,12,13,14). The molecule has 0 amide bonds. The van der Waals surface area contributed by atoms with Gasteiger partial charge >= 0.3 is 0 Å². The van der Waals surface area contributed by atoms with Crippen molar-refractivity contribution in [1.82, 2.24) is 10.7 Å². The first-order valence-corrected chi connectivity index (χ1v) is 5.52. The van der Waals surface area contributed by atoms with Gasteiger partial charge in [0.15, 0.2) is 0 Å². The fraction of sp³-hybridized carbons (Fsp3) is 0.900. The minimum atomic E-state index is 0.214. The number of nitrogens with two attached hydrogens (primary N) is 1. The van der Waals surface area contributed by atoms with Gasteiger partial charge in [-0.3, -0.25) is 10.4 Å². The number of hydrazine groups is 1. The molecule has 1 aliphatic rings. The SMILES string of the molecule is COCC(C)NC(=NCCC1CC1)NN. The largest absolute Gasteiger partial charge is 0.383 e. The maximum atomic E-state index is 5.37. The van der Waals surface area contributed by atoms with Crippen LogP contribution in [-0.2, 0) is 4.74 Å². The zero-order valence-electron chi connectivity index (χ0n) is 9.62. The number of aliphatic imine (C=N–C) groups is 1. The monoisotopic (exact) mass is 214 g/mol. The van der Waals surface area contributed by atoms with Crippen molar-refractivity contribution in [1.29, 1.82) is 0 Å². The van der Waals surface area contributed by atoms with Crippen molar-refractivity contribution in [3.05, 3.63) is 0 Å². The molecule has 1 atom stereocenters. The molecule has 0 heterocycles. The van der Waals surface area contributed by atoms with Crippen LogP contribution in [0.3, 0.4) is 0 Å². The Balaban J connectivity index is 2.19. The van der Waals surface area contributed by atoms with Crippen molar-refractivity contribution >= 4 is 5.96 Å². The van der Waals surface area contributed by atoms with Crippen LogP contribution in [0.4, 0.5) is 0 Å². The third-order valence-electron chi connectivity index (χ3n) is 2.44. The summed E-state index contributed by atoms with van der Waals surface area (Å²) in [5.74, 6) is 6.93. The second-order valence-corrected chi connectivity index (χ2v) is 4.11. The second-order valence-electron chi connectivity index (χ2n) is 4.11. The van der Waals surface area contributed by atoms with Crippen LogP contribution in [0.25, 0.3) is 0 Å². The lowest BCUT2D eigenvalue weighted by molar-refractivity contribution is 0.179. The van der Waals surface area contributed by atoms with Crippen LogP contribution < -0.4 is 16.6 Å². The van der Waals surface area contributed by atoms with Crippen molar-refractivity contribution in [2.24, 2.45) is 16.8 Å². The van der Waals surface area contributed by atoms with Gasteiger partial charge in [0.25, 0.3) is 0 Å². The maximum absolute atomic E-state index is 5.37. The number of nitrogens with one attached hydrogen (secondary N) is 2. The van der Waals surface area contributed by atoms with E-state index in [2.05, 4.69) is 15.7 Å². The highest BCUT2D eigenvalue weighted by molar-refractivity contribution is 5.79. The molecule has 0 bridgehead atoms. The van der Waals surface area contributed by atoms with Gasteiger partial charge in [-0.05, 0) is 19.3 Å². The molecule has 1 saturated carbocycles. The van der Waals surface area contributed by atoms with Crippen LogP contribution in [0.5, 0.6) is 0 Å². The van der Waals surface area contributed by atoms with E-state index in [1.54, 1.807) is 7.11 Å². The summed E-state index contributed by atoms with van der Waals surface area (Å²) in [6.45, 7) is 3.51. The van der Waals surface area contributed by atoms with Crippen LogP contribution in [-0.4, -0.2) is 32.3 Å². The average Bonchev–Trinajstić information content (AvgIpc) is 3.00. The summed E-state index contributed by atoms with van der Waals surface area (Å²) in [5.41, 5.74) is 2.57. The van der Waals surface area contributed by atoms with E-state index in [4.69, 9.17) is 10.6 Å². The summed E-state index contributed by atoms with van der Waals surface area (Å²) >= 11 is 0. The molecule has 0 aromatic carbocycles. The van der Waals surface area contributed by atoms with Crippen molar-refractivity contribution in [2.75, 3.05) is 20.3 Å². The Bertz CT molecular complexity index is 204. The number of guanidine groups is 1. The van der Waals surface area contributed by atoms with Crippen molar-refractivity contribution in [2.45, 2.75) is 32.2 Å². The Labute approximate surface area is 91.4 Å². The molecule has 0 saturated heterocycles. The van der Waals surface area contributed by atoms with Gasteiger partial charge < -0.3 is 10.1 Å². The summed E-state index contributed by atoms with van der Waals surface area (Å²) in [6.07, 6.45) is 3.91. The van der Waals surface area contributed by atoms with Crippen LogP contribution >= 0.6 is 0 Å². The zero-order valence-corrected chi connectivity index (χ0v) is 9.62. The highest BCUT2D eigenvalue weighted by Gasteiger charge is 2.20. The van der Waals surface area contributed by atoms with Gasteiger partial charge in [-0.15, -0.1) is 0 Å². The highest BCUT2D eigenvalue weighted by Crippen LogP contribution is 2.31. The average molecular weight is 214 g/mol. The summed E-state index contributed by atoms with van der Waals surface area (Å²) in [7, 11) is 1.68. The van der Waals surface area contributed by atoms with Gasteiger partial charge in [0.2, 0.25) is 5.96 Å². The smallest absolute Gasteiger partial charge is 0.206 e. The molecule has 0 aliphatic heterocycles. The van der Waals surface area contributed by atoms with E-state index in [0.717, 1.165) is 12.5 Å². The first kappa shape index (κ1) is 12.3. The van der Waals surface area contributed by atoms with Gasteiger partial charge in [0.1, 0.15) is 0 Å². The lowest BCUT2D eigenvalue weighted by Gasteiger charge is -2.15. The molecule has 15 heavy (non-hydrogen) atoms. The van der Waals surface area contributed by atoms with Gasteiger partial charge in [0.05, 0.1) is 6.61 Å². The molecular weight excluding hydrogens is 192 g/mol. The molecule has 1 rings (SSSR count). The summed E-state index contributed by atoms with van der Waals surface area (Å²) in [4.78, 5) is 4.36. The Morgan fingerprint density at radius 1 is 1.60 bits per heavy atom. The van der Waals surface area contributed by atoms with Crippen LogP contribution in [0.15, 0.2) is 4.99 Å². The second kappa shape index (κ2) is 6.63. The van der Waals surface area contributed by atoms with E-state index < -0.39 is 0 Å². The maximum Gasteiger partial charge on any atom is 0.206 e. The fourth-order valence-electron chi connectivity index (χ4n) is 1.42. The Morgan fingerprint density at radius 2 is 2.33 bits per heavy atom. The molecule has 0 aromatic rings. The minimum absolute atomic E-state index is 0.214. The first-order valence-electron chi connectivity index (χ1n) is 5.52. The number of ether oxygens (including phenoxy) is 1. The van der Waals surface area contributed by atoms with Gasteiger partial charge in [0, 0.05) is 19.7 Å². The number of hydrogen-bond acceptors (Lipinski definition) is 3. The normalized spacial score (nSPS) is 18.7. The predicted molar refractivity (Wildman–Crippen MR) is 61.4 cm³/mol. The molecule has 1 aliphatic carbocycles. The molecule has 0 radical (unpaired) electrons. The van der Waals surface area contributed by atoms with E-state index in [-0.39, 0.29) is 6.04 Å². The van der Waals surface area contributed by atoms with Crippen LogP contribution in [0.2, 0.25) is 0 Å². The van der Waals surface area contributed by atoms with Crippen LogP contribution in [0.1, 0.15) is 26.2 Å². The number of rotatable bonds is 6. The van der Waals surface area contributed by atoms with Crippen molar-refractivity contribution in [3.63, 3.8) is 0 Å². The van der Waals surface area contributed by atoms with E-state index in [9.17, 15) is 0 Å². The molecular formula is C10H22N4O. The van der Waals surface area contributed by atoms with E-state index in [1.165, 1.54) is 19.3 Å². The number of nitrogens with zero attached hydrogens (tertiary/aromatic N) is 1. The lowest BCUT2D eigenvalue weighted by Crippen LogP contribution is -2.46. The number of methoxy groups -OCH3 is 1. The Kier molecular flexibility index (Phi) is 5.42. The predicted octanol–water partition coefficient (Wildman–Crippen LogP) is 0.230. The van der Waals surface area contributed by atoms with Gasteiger partial charge in [-0.25, -0.2) is 5.84 Å². The minimum Gasteiger partial charge on any atom is -0.383 e. The summed E-state index contributed by atoms with van der Waals surface area (Å²) < 4.78 is 5.02. The molecule has 5 nitrogen and oxygen atoms in total. The Hall–Kier alpha value is -0.810. The van der Waals surface area contributed by atoms with Crippen molar-refractivity contribution < 1.29 is 4.74 Å². The Morgan fingerprint density at radius 3 is 2.87 bits per heavy atom. The number of hydrogen-bond donors (Lipinski definition) is 3. The molecule has 0 aromatic heterocycles. The summed E-state index contributed by atoms with van der Waals surface area (Å²) in [5, 5.41) is 3.15. The van der Waals surface area contributed by atoms with Gasteiger partial charge in [-0.1, -0.05) is 12.8 Å². The van der Waals surface area contributed by atoms with E-state index in [0.29, 0.717) is 12.6 Å². The summed E-state index contributed by atoms with van der Waals surface area (Å²) in [6, 6.07) is 0.214. The molecule has 0 spiro atoms. The quantitative estimate of drug-likeness (QED) is 0.256. The van der Waals surface area contributed by atoms with Crippen LogP contribution in [0, 0.1) is 5.92 Å². The topological polar surface area (TPSA) is 71.7 Å². The molecule has 1 unspecified atom stereocenters. The molecule has 5 heteroatoms. The fourth-order valence-corrected chi connectivity index (χ4v) is 1.42. The lowest BCUT2D eigenvalue weighted by atomic mass is 10.3. The highest BCUT2D eigenvalue weighted by atomic mass is 16.5.